The predicted molar refractivity (Wildman–Crippen MR) is 30.5 cm³/mol. The summed E-state index contributed by atoms with van der Waals surface area (Å²) in [7, 11) is 1.95. The van der Waals surface area contributed by atoms with E-state index in [1.165, 1.54) is 0 Å². The molecule has 8 heavy (non-hydrogen) atoms. The van der Waals surface area contributed by atoms with E-state index in [1.54, 1.807) is 0 Å². The van der Waals surface area contributed by atoms with Crippen molar-refractivity contribution in [2.75, 3.05) is 0 Å². The Labute approximate surface area is 48.4 Å². The second-order valence-electron chi connectivity index (χ2n) is 1.85. The Bertz CT molecular complexity index is 170. The summed E-state index contributed by atoms with van der Waals surface area (Å²) in [4.78, 5) is 0. The van der Waals surface area contributed by atoms with Crippen LogP contribution >= 0.6 is 0 Å². The van der Waals surface area contributed by atoms with Crippen molar-refractivity contribution >= 4 is 0 Å². The van der Waals surface area contributed by atoms with E-state index >= 15 is 0 Å². The van der Waals surface area contributed by atoms with Crippen LogP contribution in [0.25, 0.3) is 0 Å². The van der Waals surface area contributed by atoms with Gasteiger partial charge in [0.2, 0.25) is 0 Å². The molecule has 0 aliphatic rings. The van der Waals surface area contributed by atoms with E-state index in [0.29, 0.717) is 0 Å². The van der Waals surface area contributed by atoms with Crippen LogP contribution in [0.4, 0.5) is 0 Å². The monoisotopic (exact) mass is 111 g/mol. The van der Waals surface area contributed by atoms with Crippen molar-refractivity contribution < 1.29 is 0 Å². The van der Waals surface area contributed by atoms with E-state index in [-0.39, 0.29) is 0 Å². The highest BCUT2D eigenvalue weighted by molar-refractivity contribution is 4.88. The van der Waals surface area contributed by atoms with Gasteiger partial charge in [-0.05, 0) is 13.8 Å². The first-order valence-electron chi connectivity index (χ1n) is 2.54. The molecule has 0 spiro atoms. The van der Waals surface area contributed by atoms with Crippen LogP contribution in [0.5, 0.6) is 0 Å². The van der Waals surface area contributed by atoms with Crippen molar-refractivity contribution in [2.24, 2.45) is 7.05 Å². The molecule has 0 saturated heterocycles. The first-order valence-corrected chi connectivity index (χ1v) is 2.54. The Hall–Kier alpha value is -0.860. The lowest BCUT2D eigenvalue weighted by atomic mass is 10.6. The summed E-state index contributed by atoms with van der Waals surface area (Å²) >= 11 is 0. The zero-order valence-electron chi connectivity index (χ0n) is 5.34. The molecule has 0 aliphatic heterocycles. The minimum atomic E-state index is 0.961. The number of aromatic nitrogens is 3. The van der Waals surface area contributed by atoms with Gasteiger partial charge in [-0.2, -0.15) is 0 Å². The Balaban J connectivity index is 3.19. The van der Waals surface area contributed by atoms with E-state index in [4.69, 9.17) is 0 Å². The summed E-state index contributed by atoms with van der Waals surface area (Å²) in [6.07, 6.45) is 0. The SMILES string of the molecule is Cc1nnc(C)n1C. The summed E-state index contributed by atoms with van der Waals surface area (Å²) < 4.78 is 1.94. The molecular formula is C5H9N3. The number of hydrogen-bond donors (Lipinski definition) is 0. The molecule has 0 aromatic carbocycles. The van der Waals surface area contributed by atoms with Crippen molar-refractivity contribution in [2.45, 2.75) is 13.8 Å². The smallest absolute Gasteiger partial charge is 0.129 e. The van der Waals surface area contributed by atoms with Crippen LogP contribution < -0.4 is 0 Å². The van der Waals surface area contributed by atoms with Gasteiger partial charge >= 0.3 is 0 Å². The summed E-state index contributed by atoms with van der Waals surface area (Å²) in [6, 6.07) is 0. The number of nitrogens with zero attached hydrogens (tertiary/aromatic N) is 3. The molecule has 1 rings (SSSR count). The highest BCUT2D eigenvalue weighted by Gasteiger charge is 1.94. The second-order valence-corrected chi connectivity index (χ2v) is 1.85. The van der Waals surface area contributed by atoms with Gasteiger partial charge in [0.1, 0.15) is 11.6 Å². The van der Waals surface area contributed by atoms with Gasteiger partial charge in [-0.3, -0.25) is 0 Å². The van der Waals surface area contributed by atoms with Crippen molar-refractivity contribution in [3.8, 4) is 0 Å². The zero-order chi connectivity index (χ0) is 6.15. The lowest BCUT2D eigenvalue weighted by Crippen LogP contribution is -1.92. The van der Waals surface area contributed by atoms with Crippen LogP contribution in [0.3, 0.4) is 0 Å². The largest absolute Gasteiger partial charge is 0.319 e. The maximum Gasteiger partial charge on any atom is 0.129 e. The highest BCUT2D eigenvalue weighted by Crippen LogP contribution is 1.92. The number of aryl methyl sites for hydroxylation is 2. The highest BCUT2D eigenvalue weighted by atomic mass is 15.3. The normalized spacial score (nSPS) is 9.88. The molecule has 3 nitrogen and oxygen atoms in total. The van der Waals surface area contributed by atoms with Crippen LogP contribution in [-0.2, 0) is 7.05 Å². The van der Waals surface area contributed by atoms with Gasteiger partial charge in [-0.25, -0.2) is 0 Å². The molecule has 0 aliphatic carbocycles. The third-order valence-corrected chi connectivity index (χ3v) is 1.31. The molecule has 1 aromatic rings. The van der Waals surface area contributed by atoms with Crippen LogP contribution in [-0.4, -0.2) is 14.8 Å². The lowest BCUT2D eigenvalue weighted by molar-refractivity contribution is 0.823. The van der Waals surface area contributed by atoms with Crippen molar-refractivity contribution in [3.05, 3.63) is 11.6 Å². The summed E-state index contributed by atoms with van der Waals surface area (Å²) in [5.41, 5.74) is 0. The minimum absolute atomic E-state index is 0.961. The van der Waals surface area contributed by atoms with Crippen molar-refractivity contribution in [3.63, 3.8) is 0 Å². The number of rotatable bonds is 0. The van der Waals surface area contributed by atoms with Gasteiger partial charge in [-0.15, -0.1) is 10.2 Å². The average molecular weight is 111 g/mol. The van der Waals surface area contributed by atoms with Crippen LogP contribution in [0.1, 0.15) is 11.6 Å². The fraction of sp³-hybridized carbons (Fsp3) is 0.600. The van der Waals surface area contributed by atoms with E-state index in [2.05, 4.69) is 10.2 Å². The predicted octanol–water partition coefficient (Wildman–Crippen LogP) is 0.432. The molecule has 0 fully saturated rings. The van der Waals surface area contributed by atoms with Crippen LogP contribution in [0, 0.1) is 13.8 Å². The van der Waals surface area contributed by atoms with Gasteiger partial charge in [0.05, 0.1) is 0 Å². The maximum absolute atomic E-state index is 3.83. The Kier molecular flexibility index (Phi) is 1.04. The van der Waals surface area contributed by atoms with E-state index in [9.17, 15) is 0 Å². The molecule has 3 heteroatoms. The topological polar surface area (TPSA) is 30.7 Å². The first-order chi connectivity index (χ1) is 3.72. The van der Waals surface area contributed by atoms with E-state index < -0.39 is 0 Å². The molecule has 1 aromatic heterocycles. The van der Waals surface area contributed by atoms with E-state index in [0.717, 1.165) is 11.6 Å². The quantitative estimate of drug-likeness (QED) is 0.486. The van der Waals surface area contributed by atoms with Gasteiger partial charge in [-0.1, -0.05) is 0 Å². The third kappa shape index (κ3) is 0.598. The van der Waals surface area contributed by atoms with Gasteiger partial charge in [0.15, 0.2) is 0 Å². The Morgan fingerprint density at radius 1 is 1.12 bits per heavy atom. The maximum atomic E-state index is 3.83. The van der Waals surface area contributed by atoms with Crippen molar-refractivity contribution in [1.29, 1.82) is 0 Å². The molecule has 1 heterocycles. The summed E-state index contributed by atoms with van der Waals surface area (Å²) in [5, 5.41) is 7.66. The number of hydrogen-bond acceptors (Lipinski definition) is 2. The molecule has 0 N–H and O–H groups in total. The van der Waals surface area contributed by atoms with Crippen molar-refractivity contribution in [1.82, 2.24) is 14.8 Å². The molecular weight excluding hydrogens is 102 g/mol. The molecule has 0 unspecified atom stereocenters. The van der Waals surface area contributed by atoms with Gasteiger partial charge < -0.3 is 4.57 Å². The standard InChI is InChI=1S/C5H9N3/c1-4-6-7-5(2)8(4)3/h1-3H3. The first kappa shape index (κ1) is 5.28. The second kappa shape index (κ2) is 1.58. The fourth-order valence-electron chi connectivity index (χ4n) is 0.513. The molecule has 0 radical (unpaired) electrons. The van der Waals surface area contributed by atoms with Crippen LogP contribution in [0.2, 0.25) is 0 Å². The van der Waals surface area contributed by atoms with Crippen LogP contribution in [0.15, 0.2) is 0 Å². The fourth-order valence-corrected chi connectivity index (χ4v) is 0.513. The van der Waals surface area contributed by atoms with Gasteiger partial charge in [0.25, 0.3) is 0 Å². The molecule has 0 bridgehead atoms. The Morgan fingerprint density at radius 3 is 1.62 bits per heavy atom. The molecule has 0 atom stereocenters. The zero-order valence-corrected chi connectivity index (χ0v) is 5.34. The Morgan fingerprint density at radius 2 is 1.50 bits per heavy atom. The lowest BCUT2D eigenvalue weighted by Gasteiger charge is -1.90. The summed E-state index contributed by atoms with van der Waals surface area (Å²) in [5.74, 6) is 1.92. The van der Waals surface area contributed by atoms with Gasteiger partial charge in [0, 0.05) is 7.05 Å². The average Bonchev–Trinajstić information content (AvgIpc) is 1.98. The molecule has 44 valence electrons. The minimum Gasteiger partial charge on any atom is -0.319 e. The van der Waals surface area contributed by atoms with E-state index in [1.807, 2.05) is 25.5 Å². The third-order valence-electron chi connectivity index (χ3n) is 1.31. The molecule has 0 amide bonds. The summed E-state index contributed by atoms with van der Waals surface area (Å²) in [6.45, 7) is 3.86. The molecule has 0 saturated carbocycles.